The molecule has 0 atom stereocenters. The Balaban J connectivity index is -0.0000000483. The van der Waals surface area contributed by atoms with Crippen LogP contribution in [-0.4, -0.2) is 12.0 Å². The zero-order valence-electron chi connectivity index (χ0n) is 4.41. The third-order valence-corrected chi connectivity index (χ3v) is 0. The summed E-state index contributed by atoms with van der Waals surface area (Å²) in [5.74, 6) is 0. The van der Waals surface area contributed by atoms with E-state index in [0.717, 1.165) is 0 Å². The van der Waals surface area contributed by atoms with Gasteiger partial charge >= 0.3 is 0 Å². The van der Waals surface area contributed by atoms with E-state index in [4.69, 9.17) is 21.6 Å². The fraction of sp³-hybridized carbons (Fsp3) is 0. The smallest absolute Gasteiger partial charge is 0.0831 e. The first-order valence-corrected chi connectivity index (χ1v) is 1.50. The van der Waals surface area contributed by atoms with Crippen LogP contribution in [0.1, 0.15) is 0 Å². The van der Waals surface area contributed by atoms with Crippen LogP contribution in [0, 0.1) is 21.6 Å². The van der Waals surface area contributed by atoms with Crippen molar-refractivity contribution in [3.8, 4) is 0 Å². The molecule has 8 heavy (non-hydrogen) atoms. The lowest BCUT2D eigenvalue weighted by Crippen LogP contribution is -1.11. The largest absolute Gasteiger partial charge is 0.242 e. The van der Waals surface area contributed by atoms with Gasteiger partial charge in [-0.05, 0) is 0 Å². The Morgan fingerprint density at radius 1 is 0.750 bits per heavy atom. The molecule has 0 spiro atoms. The highest BCUT2D eigenvalue weighted by Crippen LogP contribution is 0.923. The van der Waals surface area contributed by atoms with Crippen molar-refractivity contribution < 1.29 is 0 Å². The predicted molar refractivity (Wildman–Crippen MR) is 32.1 cm³/mol. The Hall–Kier alpha value is -1.50. The van der Waals surface area contributed by atoms with E-state index in [0.29, 0.717) is 0 Å². The van der Waals surface area contributed by atoms with Crippen molar-refractivity contribution >= 4 is 12.0 Å². The first kappa shape index (κ1) is 16.1. The summed E-state index contributed by atoms with van der Waals surface area (Å²) in [7, 11) is 0. The molecule has 0 unspecified atom stereocenters. The van der Waals surface area contributed by atoms with Gasteiger partial charge in [0.05, 0.1) is 12.0 Å². The van der Waals surface area contributed by atoms with Crippen LogP contribution in [-0.2, 0) is 0 Å². The van der Waals surface area contributed by atoms with Crippen LogP contribution in [0.4, 0.5) is 0 Å². The van der Waals surface area contributed by atoms with Gasteiger partial charge in [0.25, 0.3) is 0 Å². The van der Waals surface area contributed by atoms with Crippen molar-refractivity contribution in [1.29, 1.82) is 21.6 Å². The summed E-state index contributed by atoms with van der Waals surface area (Å²) in [6, 6.07) is 2.50. The zero-order valence-corrected chi connectivity index (χ0v) is 4.41. The van der Waals surface area contributed by atoms with Crippen molar-refractivity contribution in [1.82, 2.24) is 0 Å². The lowest BCUT2D eigenvalue weighted by atomic mass is 11.3. The average Bonchev–Trinajstić information content (AvgIpc) is 1.75. The normalized spacial score (nSPS) is 2.50. The van der Waals surface area contributed by atoms with E-state index in [2.05, 4.69) is 13.2 Å². The Morgan fingerprint density at radius 2 is 0.750 bits per heavy atom. The highest BCUT2D eigenvalue weighted by molar-refractivity contribution is 5.29. The van der Waals surface area contributed by atoms with Crippen LogP contribution in [0.3, 0.4) is 0 Å². The second kappa shape index (κ2) is 446. The number of nitrogens with one attached hydrogen (secondary N) is 4. The van der Waals surface area contributed by atoms with Gasteiger partial charge in [-0.2, -0.15) is 0 Å². The molecular weight excluding hydrogens is 104 g/mol. The number of hydrogen-bond acceptors (Lipinski definition) is 4. The molecule has 0 aliphatic heterocycles. The standard InChI is InChI=1S/C2H4.2CH2N2/c1-2;2*2-1-3/h1-2H2;2*2-3H. The van der Waals surface area contributed by atoms with E-state index >= 15 is 0 Å². The molecule has 0 saturated carbocycles. The van der Waals surface area contributed by atoms with Gasteiger partial charge in [-0.15, -0.1) is 13.2 Å². The summed E-state index contributed by atoms with van der Waals surface area (Å²) in [4.78, 5) is 0. The topological polar surface area (TPSA) is 95.4 Å². The fourth-order valence-corrected chi connectivity index (χ4v) is 0. The molecule has 0 aromatic carbocycles. The molecule has 4 nitrogen and oxygen atoms in total. The molecule has 0 heterocycles. The molecule has 0 bridgehead atoms. The minimum absolute atomic E-state index is 1.25. The third-order valence-electron chi connectivity index (χ3n) is 0. The fourth-order valence-electron chi connectivity index (χ4n) is 0. The van der Waals surface area contributed by atoms with Crippen LogP contribution >= 0.6 is 0 Å². The Morgan fingerprint density at radius 3 is 0.750 bits per heavy atom. The summed E-state index contributed by atoms with van der Waals surface area (Å²) >= 11 is 0. The Labute approximate surface area is 47.9 Å². The van der Waals surface area contributed by atoms with Crippen molar-refractivity contribution in [3.63, 3.8) is 0 Å². The summed E-state index contributed by atoms with van der Waals surface area (Å²) in [5, 5.41) is 22.5. The van der Waals surface area contributed by atoms with Gasteiger partial charge in [0, 0.05) is 0 Å². The summed E-state index contributed by atoms with van der Waals surface area (Å²) in [6.07, 6.45) is 0. The minimum atomic E-state index is 1.25. The van der Waals surface area contributed by atoms with Crippen LogP contribution in [0.25, 0.3) is 0 Å². The molecule has 0 saturated heterocycles. The van der Waals surface area contributed by atoms with Gasteiger partial charge in [-0.3, -0.25) is 0 Å². The summed E-state index contributed by atoms with van der Waals surface area (Å²) < 4.78 is 0. The monoisotopic (exact) mass is 112 g/mol. The second-order valence-electron chi connectivity index (χ2n) is 0.250. The van der Waals surface area contributed by atoms with Crippen molar-refractivity contribution in [2.24, 2.45) is 0 Å². The van der Waals surface area contributed by atoms with E-state index in [-0.39, 0.29) is 0 Å². The van der Waals surface area contributed by atoms with Crippen molar-refractivity contribution in [3.05, 3.63) is 13.2 Å². The molecular formula is C4H8N4. The van der Waals surface area contributed by atoms with Gasteiger partial charge < -0.3 is 0 Å². The van der Waals surface area contributed by atoms with Gasteiger partial charge in [-0.1, -0.05) is 0 Å². The molecule has 0 amide bonds. The quantitative estimate of drug-likeness (QED) is 0.269. The summed E-state index contributed by atoms with van der Waals surface area (Å²) in [6.45, 7) is 6.00. The lowest BCUT2D eigenvalue weighted by Gasteiger charge is -1.09. The van der Waals surface area contributed by atoms with Gasteiger partial charge in [0.15, 0.2) is 0 Å². The molecule has 4 N–H and O–H groups in total. The molecule has 0 aliphatic carbocycles. The van der Waals surface area contributed by atoms with Gasteiger partial charge in [0.2, 0.25) is 0 Å². The zero-order chi connectivity index (χ0) is 7.41. The maximum atomic E-state index is 5.62. The molecule has 0 radical (unpaired) electrons. The van der Waals surface area contributed by atoms with E-state index in [9.17, 15) is 0 Å². The second-order valence-corrected chi connectivity index (χ2v) is 0.250. The molecule has 44 valence electrons. The van der Waals surface area contributed by atoms with Crippen LogP contribution in [0.15, 0.2) is 13.2 Å². The molecule has 0 aliphatic rings. The van der Waals surface area contributed by atoms with Crippen LogP contribution < -0.4 is 0 Å². The third kappa shape index (κ3) is 24.5. The van der Waals surface area contributed by atoms with Crippen LogP contribution in [0.2, 0.25) is 0 Å². The molecule has 0 aromatic heterocycles. The van der Waals surface area contributed by atoms with Crippen molar-refractivity contribution in [2.75, 3.05) is 0 Å². The number of hydrogen-bond donors (Lipinski definition) is 4. The van der Waals surface area contributed by atoms with Crippen LogP contribution in [0.5, 0.6) is 0 Å². The number of rotatable bonds is 0. The van der Waals surface area contributed by atoms with E-state index < -0.39 is 0 Å². The van der Waals surface area contributed by atoms with Crippen molar-refractivity contribution in [2.45, 2.75) is 0 Å². The first-order valence-electron chi connectivity index (χ1n) is 1.50. The molecule has 0 aromatic rings. The van der Waals surface area contributed by atoms with E-state index in [1.165, 1.54) is 12.0 Å². The van der Waals surface area contributed by atoms with Gasteiger partial charge in [0.1, 0.15) is 0 Å². The van der Waals surface area contributed by atoms with Gasteiger partial charge in [-0.25, -0.2) is 21.6 Å². The predicted octanol–water partition coefficient (Wildman–Crippen LogP) is 1.44. The first-order chi connectivity index (χ1) is 3.83. The average molecular weight is 112 g/mol. The Kier molecular flexibility index (Phi) is 894. The van der Waals surface area contributed by atoms with E-state index in [1.54, 1.807) is 0 Å². The highest BCUT2D eigenvalue weighted by Gasteiger charge is 0.937. The molecule has 0 fully saturated rings. The molecule has 4 heteroatoms. The molecule has 0 rings (SSSR count). The lowest BCUT2D eigenvalue weighted by molar-refractivity contribution is 1.47. The summed E-state index contributed by atoms with van der Waals surface area (Å²) in [5.41, 5.74) is 0. The minimum Gasteiger partial charge on any atom is -0.242 e. The maximum absolute atomic E-state index is 5.62. The Bertz CT molecular complexity index is 72.2. The van der Waals surface area contributed by atoms with E-state index in [1.807, 2.05) is 0 Å². The SMILES string of the molecule is C=C.N=C=N.N=C=N. The highest BCUT2D eigenvalue weighted by atomic mass is 14.4. The maximum Gasteiger partial charge on any atom is 0.0831 e.